The van der Waals surface area contributed by atoms with Gasteiger partial charge < -0.3 is 19.5 Å². The number of hydrogen-bond donors (Lipinski definition) is 1. The molecule has 1 fully saturated rings. The van der Waals surface area contributed by atoms with Gasteiger partial charge in [0.05, 0.1) is 12.5 Å². The van der Waals surface area contributed by atoms with Crippen molar-refractivity contribution in [2.24, 2.45) is 0 Å². The van der Waals surface area contributed by atoms with Gasteiger partial charge in [-0.25, -0.2) is 0 Å². The van der Waals surface area contributed by atoms with Crippen molar-refractivity contribution in [2.75, 3.05) is 26.8 Å². The summed E-state index contributed by atoms with van der Waals surface area (Å²) in [5, 5.41) is 8.66. The molecule has 1 unspecified atom stereocenters. The predicted octanol–water partition coefficient (Wildman–Crippen LogP) is 1.79. The summed E-state index contributed by atoms with van der Waals surface area (Å²) in [5.74, 6) is -0.523. The lowest BCUT2D eigenvalue weighted by atomic mass is 10.2. The lowest BCUT2D eigenvalue weighted by Crippen LogP contribution is -2.29. The highest BCUT2D eigenvalue weighted by molar-refractivity contribution is 5.94. The Morgan fingerprint density at radius 2 is 2.27 bits per heavy atom. The fourth-order valence-electron chi connectivity index (χ4n) is 2.27. The topological polar surface area (TPSA) is 76.1 Å². The molecule has 120 valence electrons. The van der Waals surface area contributed by atoms with Gasteiger partial charge in [0.25, 0.3) is 5.91 Å². The first kappa shape index (κ1) is 16.3. The number of benzene rings is 1. The predicted molar refractivity (Wildman–Crippen MR) is 80.1 cm³/mol. The first-order valence-corrected chi connectivity index (χ1v) is 7.38. The lowest BCUT2D eigenvalue weighted by molar-refractivity contribution is -0.137. The average Bonchev–Trinajstić information content (AvgIpc) is 3.03. The Labute approximate surface area is 129 Å². The van der Waals surface area contributed by atoms with Crippen molar-refractivity contribution in [2.45, 2.75) is 25.4 Å². The third-order valence-corrected chi connectivity index (χ3v) is 3.55. The molecular weight excluding hydrogens is 286 g/mol. The van der Waals surface area contributed by atoms with E-state index in [9.17, 15) is 9.59 Å². The zero-order valence-electron chi connectivity index (χ0n) is 12.7. The quantitative estimate of drug-likeness (QED) is 0.831. The van der Waals surface area contributed by atoms with Gasteiger partial charge in [0.2, 0.25) is 0 Å². The monoisotopic (exact) mass is 307 g/mol. The summed E-state index contributed by atoms with van der Waals surface area (Å²) in [6, 6.07) is 6.92. The van der Waals surface area contributed by atoms with Crippen molar-refractivity contribution >= 4 is 11.9 Å². The third kappa shape index (κ3) is 4.73. The molecule has 1 saturated heterocycles. The number of hydrogen-bond acceptors (Lipinski definition) is 4. The maximum Gasteiger partial charge on any atom is 0.305 e. The molecule has 1 aliphatic rings. The smallest absolute Gasteiger partial charge is 0.305 e. The Bertz CT molecular complexity index is 525. The number of rotatable bonds is 7. The minimum Gasteiger partial charge on any atom is -0.491 e. The van der Waals surface area contributed by atoms with Crippen molar-refractivity contribution in [3.63, 3.8) is 0 Å². The summed E-state index contributed by atoms with van der Waals surface area (Å²) in [5.41, 5.74) is 0.484. The van der Waals surface area contributed by atoms with Crippen LogP contribution < -0.4 is 4.74 Å². The van der Waals surface area contributed by atoms with Crippen LogP contribution in [-0.2, 0) is 9.53 Å². The van der Waals surface area contributed by atoms with E-state index < -0.39 is 5.97 Å². The van der Waals surface area contributed by atoms with Crippen LogP contribution in [0.4, 0.5) is 0 Å². The Kier molecular flexibility index (Phi) is 5.77. The number of aliphatic carboxylic acids is 1. The number of carbonyl (C=O) groups is 2. The Morgan fingerprint density at radius 3 is 2.95 bits per heavy atom. The second kappa shape index (κ2) is 7.79. The van der Waals surface area contributed by atoms with E-state index in [1.165, 1.54) is 4.90 Å². The molecule has 0 bridgehead atoms. The molecular formula is C16H21NO5. The van der Waals surface area contributed by atoms with E-state index in [-0.39, 0.29) is 25.0 Å². The summed E-state index contributed by atoms with van der Waals surface area (Å²) in [4.78, 5) is 24.2. The maximum absolute atomic E-state index is 12.2. The van der Waals surface area contributed by atoms with Gasteiger partial charge in [-0.3, -0.25) is 9.59 Å². The van der Waals surface area contributed by atoms with Crippen LogP contribution in [0.3, 0.4) is 0 Å². The highest BCUT2D eigenvalue weighted by Crippen LogP contribution is 2.18. The van der Waals surface area contributed by atoms with Gasteiger partial charge in [-0.15, -0.1) is 0 Å². The molecule has 0 radical (unpaired) electrons. The molecule has 0 spiro atoms. The fraction of sp³-hybridized carbons (Fsp3) is 0.500. The zero-order valence-corrected chi connectivity index (χ0v) is 12.7. The molecule has 22 heavy (non-hydrogen) atoms. The normalized spacial score (nSPS) is 17.2. The second-order valence-electron chi connectivity index (χ2n) is 5.34. The van der Waals surface area contributed by atoms with Gasteiger partial charge in [0.15, 0.2) is 0 Å². The molecule has 0 saturated carbocycles. The first-order chi connectivity index (χ1) is 10.6. The number of carbonyl (C=O) groups excluding carboxylic acids is 1. The van der Waals surface area contributed by atoms with Crippen LogP contribution >= 0.6 is 0 Å². The Hall–Kier alpha value is -2.08. The third-order valence-electron chi connectivity index (χ3n) is 3.55. The van der Waals surface area contributed by atoms with Crippen molar-refractivity contribution in [3.8, 4) is 5.75 Å². The molecule has 2 rings (SSSR count). The van der Waals surface area contributed by atoms with Crippen molar-refractivity contribution in [3.05, 3.63) is 29.8 Å². The molecule has 0 aromatic heterocycles. The van der Waals surface area contributed by atoms with Crippen molar-refractivity contribution in [1.82, 2.24) is 4.90 Å². The minimum absolute atomic E-state index is 0.0720. The van der Waals surface area contributed by atoms with E-state index in [1.54, 1.807) is 31.3 Å². The number of nitrogens with zero attached hydrogens (tertiary/aromatic N) is 1. The van der Waals surface area contributed by atoms with Crippen molar-refractivity contribution in [1.29, 1.82) is 0 Å². The van der Waals surface area contributed by atoms with E-state index in [2.05, 4.69) is 0 Å². The van der Waals surface area contributed by atoms with E-state index >= 15 is 0 Å². The van der Waals surface area contributed by atoms with Gasteiger partial charge in [0.1, 0.15) is 12.4 Å². The van der Waals surface area contributed by atoms with Crippen LogP contribution in [0.2, 0.25) is 0 Å². The van der Waals surface area contributed by atoms with Gasteiger partial charge >= 0.3 is 5.97 Å². The number of carboxylic acids is 1. The van der Waals surface area contributed by atoms with Gasteiger partial charge in [-0.1, -0.05) is 6.07 Å². The van der Waals surface area contributed by atoms with Crippen LogP contribution in [0.15, 0.2) is 24.3 Å². The molecule has 1 amide bonds. The van der Waals surface area contributed by atoms with E-state index in [4.69, 9.17) is 14.6 Å². The number of carboxylic acid groups (broad SMARTS) is 1. The van der Waals surface area contributed by atoms with Crippen LogP contribution in [0, 0.1) is 0 Å². The van der Waals surface area contributed by atoms with E-state index in [0.717, 1.165) is 19.4 Å². The SMILES string of the molecule is CN(CCC(=O)O)C(=O)c1cccc(OCC2CCCO2)c1. The van der Waals surface area contributed by atoms with Crippen LogP contribution in [0.5, 0.6) is 5.75 Å². The summed E-state index contributed by atoms with van der Waals surface area (Å²) < 4.78 is 11.2. The van der Waals surface area contributed by atoms with Crippen LogP contribution in [0.1, 0.15) is 29.6 Å². The fourth-order valence-corrected chi connectivity index (χ4v) is 2.27. The molecule has 6 heteroatoms. The largest absolute Gasteiger partial charge is 0.491 e. The van der Waals surface area contributed by atoms with E-state index in [1.807, 2.05) is 0 Å². The molecule has 1 aromatic carbocycles. The number of ether oxygens (including phenoxy) is 2. The van der Waals surface area contributed by atoms with Gasteiger partial charge in [-0.05, 0) is 31.0 Å². The minimum atomic E-state index is -0.923. The lowest BCUT2D eigenvalue weighted by Gasteiger charge is -2.17. The van der Waals surface area contributed by atoms with Gasteiger partial charge in [0, 0.05) is 25.8 Å². The molecule has 1 aromatic rings. The Balaban J connectivity index is 1.91. The summed E-state index contributed by atoms with van der Waals surface area (Å²) in [7, 11) is 1.59. The molecule has 1 N–H and O–H groups in total. The molecule has 1 heterocycles. The maximum atomic E-state index is 12.2. The standard InChI is InChI=1S/C16H21NO5/c1-17(8-7-15(18)19)16(20)12-4-2-5-13(10-12)22-11-14-6-3-9-21-14/h2,4-5,10,14H,3,6-9,11H2,1H3,(H,18,19). The van der Waals surface area contributed by atoms with Crippen LogP contribution in [0.25, 0.3) is 0 Å². The van der Waals surface area contributed by atoms with Gasteiger partial charge in [-0.2, -0.15) is 0 Å². The summed E-state index contributed by atoms with van der Waals surface area (Å²) in [6.07, 6.45) is 2.10. The second-order valence-corrected chi connectivity index (χ2v) is 5.34. The Morgan fingerprint density at radius 1 is 1.45 bits per heavy atom. The zero-order chi connectivity index (χ0) is 15.9. The van der Waals surface area contributed by atoms with Crippen molar-refractivity contribution < 1.29 is 24.2 Å². The molecule has 1 aliphatic heterocycles. The number of amides is 1. The summed E-state index contributed by atoms with van der Waals surface area (Å²) >= 11 is 0. The molecule has 6 nitrogen and oxygen atoms in total. The molecule has 0 aliphatic carbocycles. The highest BCUT2D eigenvalue weighted by atomic mass is 16.5. The first-order valence-electron chi connectivity index (χ1n) is 7.38. The highest BCUT2D eigenvalue weighted by Gasteiger charge is 2.17. The summed E-state index contributed by atoms with van der Waals surface area (Å²) in [6.45, 7) is 1.43. The van der Waals surface area contributed by atoms with E-state index in [0.29, 0.717) is 17.9 Å². The average molecular weight is 307 g/mol. The van der Waals surface area contributed by atoms with Crippen LogP contribution in [-0.4, -0.2) is 54.8 Å². The molecule has 1 atom stereocenters.